The molecule has 1 unspecified atom stereocenters. The minimum Gasteiger partial charge on any atom is -0.494 e. The molecule has 0 amide bonds. The molecule has 0 aliphatic rings. The summed E-state index contributed by atoms with van der Waals surface area (Å²) in [5, 5.41) is 5.60. The van der Waals surface area contributed by atoms with Crippen molar-refractivity contribution in [2.75, 3.05) is 19.8 Å². The highest BCUT2D eigenvalue weighted by molar-refractivity contribution is 5.37. The lowest BCUT2D eigenvalue weighted by Gasteiger charge is -2.19. The highest BCUT2D eigenvalue weighted by atomic mass is 19.1. The van der Waals surface area contributed by atoms with E-state index in [0.717, 1.165) is 11.4 Å². The molecule has 0 spiro atoms. The van der Waals surface area contributed by atoms with Crippen molar-refractivity contribution < 1.29 is 23.0 Å². The van der Waals surface area contributed by atoms with Gasteiger partial charge >= 0.3 is 0 Å². The zero-order valence-electron chi connectivity index (χ0n) is 27.7. The Kier molecular flexibility index (Phi) is 12.4. The van der Waals surface area contributed by atoms with E-state index in [1.165, 1.54) is 12.1 Å². The number of halogens is 2. The maximum atomic E-state index is 14.6. The first-order valence-corrected chi connectivity index (χ1v) is 15.4. The van der Waals surface area contributed by atoms with Crippen molar-refractivity contribution in [1.29, 1.82) is 0 Å². The van der Waals surface area contributed by atoms with Gasteiger partial charge in [-0.1, -0.05) is 6.07 Å². The lowest BCUT2D eigenvalue weighted by atomic mass is 10.0. The van der Waals surface area contributed by atoms with Crippen molar-refractivity contribution >= 4 is 0 Å². The van der Waals surface area contributed by atoms with Crippen molar-refractivity contribution in [2.45, 2.75) is 86.9 Å². The highest BCUT2D eigenvalue weighted by Gasteiger charge is 2.27. The van der Waals surface area contributed by atoms with Crippen LogP contribution in [0.4, 0.5) is 8.78 Å². The summed E-state index contributed by atoms with van der Waals surface area (Å²) in [4.78, 5) is 24.5. The minimum atomic E-state index is -0.755. The van der Waals surface area contributed by atoms with E-state index in [0.29, 0.717) is 53.6 Å². The zero-order valence-corrected chi connectivity index (χ0v) is 27.7. The number of rotatable bonds is 12. The Bertz CT molecular complexity index is 1680. The Labute approximate surface area is 263 Å². The number of benzene rings is 2. The number of aromatic amines is 2. The molecule has 4 rings (SSSR count). The van der Waals surface area contributed by atoms with Gasteiger partial charge in [0.05, 0.1) is 18.8 Å². The van der Waals surface area contributed by atoms with Crippen LogP contribution in [0, 0.1) is 25.5 Å². The molecule has 2 aromatic carbocycles. The molecule has 2 aromatic heterocycles. The van der Waals surface area contributed by atoms with Gasteiger partial charge in [0.2, 0.25) is 0 Å². The number of H-pyrrole nitrogens is 2. The van der Waals surface area contributed by atoms with Gasteiger partial charge < -0.3 is 14.2 Å². The van der Waals surface area contributed by atoms with Gasteiger partial charge in [-0.2, -0.15) is 0 Å². The third-order valence-corrected chi connectivity index (χ3v) is 7.41. The zero-order chi connectivity index (χ0) is 33.4. The number of ether oxygens (including phenoxy) is 3. The van der Waals surface area contributed by atoms with Crippen LogP contribution >= 0.6 is 0 Å². The summed E-state index contributed by atoms with van der Waals surface area (Å²) in [5.41, 5.74) is 3.05. The Morgan fingerprint density at radius 2 is 1.27 bits per heavy atom. The van der Waals surface area contributed by atoms with Crippen LogP contribution in [0.3, 0.4) is 0 Å². The van der Waals surface area contributed by atoms with E-state index < -0.39 is 11.9 Å². The summed E-state index contributed by atoms with van der Waals surface area (Å²) >= 11 is 0. The second-order valence-electron chi connectivity index (χ2n) is 11.2. The molecule has 2 heterocycles. The molecule has 4 aromatic rings. The van der Waals surface area contributed by atoms with Crippen molar-refractivity contribution in [3.8, 4) is 11.5 Å². The SMILES string of the molecule is CCOc1ccc(C(OCC)c2c(C)n(C(C)C)[nH]c2=O)c(F)c1.CCOc1ccc(Cc2c(C)n(C(C)C)[nH]c2=O)c(F)c1. The fraction of sp³-hybridized carbons (Fsp3) is 0.471. The summed E-state index contributed by atoms with van der Waals surface area (Å²) in [6, 6.07) is 9.66. The molecule has 0 bridgehead atoms. The standard InChI is InChI=1S/C18H25FN2O3.C16H21FN2O2/c1-6-23-13-8-9-14(15(19)10-13)17(24-7-2)16-12(5)21(11(3)4)20-18(16)22;1-5-21-13-7-6-12(15(17)9-13)8-14-11(4)19(10(2)3)18-16(14)20/h8-11,17H,6-7H2,1-5H3,(H,20,22);6-7,9-10H,5,8H2,1-4H3,(H,18,20). The van der Waals surface area contributed by atoms with Gasteiger partial charge in [-0.05, 0) is 86.1 Å². The molecule has 1 atom stereocenters. The molecule has 0 aliphatic heterocycles. The van der Waals surface area contributed by atoms with E-state index in [-0.39, 0.29) is 35.4 Å². The Morgan fingerprint density at radius 3 is 1.73 bits per heavy atom. The van der Waals surface area contributed by atoms with Crippen LogP contribution in [0.15, 0.2) is 46.0 Å². The lowest BCUT2D eigenvalue weighted by molar-refractivity contribution is 0.0874. The second kappa shape index (κ2) is 15.7. The number of aromatic nitrogens is 4. The first-order valence-electron chi connectivity index (χ1n) is 15.4. The molecular formula is C34H46F2N4O5. The highest BCUT2D eigenvalue weighted by Crippen LogP contribution is 2.31. The van der Waals surface area contributed by atoms with Crippen LogP contribution in [-0.2, 0) is 11.2 Å². The van der Waals surface area contributed by atoms with Crippen LogP contribution in [0.1, 0.15) is 100 Å². The molecular weight excluding hydrogens is 582 g/mol. The summed E-state index contributed by atoms with van der Waals surface area (Å²) < 4.78 is 48.6. The monoisotopic (exact) mass is 628 g/mol. The molecule has 0 fully saturated rings. The quantitative estimate of drug-likeness (QED) is 0.177. The fourth-order valence-corrected chi connectivity index (χ4v) is 5.26. The van der Waals surface area contributed by atoms with Crippen molar-refractivity contribution in [2.24, 2.45) is 0 Å². The van der Waals surface area contributed by atoms with E-state index in [9.17, 15) is 18.4 Å². The first-order chi connectivity index (χ1) is 21.3. The van der Waals surface area contributed by atoms with Gasteiger partial charge in [0.25, 0.3) is 11.1 Å². The second-order valence-corrected chi connectivity index (χ2v) is 11.2. The smallest absolute Gasteiger partial charge is 0.270 e. The van der Waals surface area contributed by atoms with Gasteiger partial charge in [-0.25, -0.2) is 8.78 Å². The fourth-order valence-electron chi connectivity index (χ4n) is 5.26. The number of nitrogens with zero attached hydrogens (tertiary/aromatic N) is 2. The number of hydrogen-bond donors (Lipinski definition) is 2. The van der Waals surface area contributed by atoms with Gasteiger partial charge in [0.1, 0.15) is 29.2 Å². The van der Waals surface area contributed by atoms with E-state index in [4.69, 9.17) is 14.2 Å². The largest absolute Gasteiger partial charge is 0.494 e. The first kappa shape index (κ1) is 35.4. The van der Waals surface area contributed by atoms with Crippen LogP contribution in [0.5, 0.6) is 11.5 Å². The molecule has 246 valence electrons. The average Bonchev–Trinajstić information content (AvgIpc) is 3.43. The van der Waals surface area contributed by atoms with Gasteiger partial charge in [-0.15, -0.1) is 0 Å². The Morgan fingerprint density at radius 1 is 0.733 bits per heavy atom. The molecule has 9 nitrogen and oxygen atoms in total. The third-order valence-electron chi connectivity index (χ3n) is 7.41. The van der Waals surface area contributed by atoms with Gasteiger partial charge in [0.15, 0.2) is 0 Å². The summed E-state index contributed by atoms with van der Waals surface area (Å²) in [5.74, 6) is 0.163. The van der Waals surface area contributed by atoms with Crippen LogP contribution < -0.4 is 20.6 Å². The van der Waals surface area contributed by atoms with E-state index in [1.807, 2.05) is 67.0 Å². The predicted molar refractivity (Wildman–Crippen MR) is 172 cm³/mol. The topological polar surface area (TPSA) is 103 Å². The van der Waals surface area contributed by atoms with Crippen LogP contribution in [0.25, 0.3) is 0 Å². The molecule has 2 N–H and O–H groups in total. The van der Waals surface area contributed by atoms with Crippen molar-refractivity contribution in [1.82, 2.24) is 19.6 Å². The maximum absolute atomic E-state index is 14.6. The molecule has 0 radical (unpaired) electrons. The Hall–Kier alpha value is -4.12. The van der Waals surface area contributed by atoms with Crippen LogP contribution in [-0.4, -0.2) is 39.4 Å². The lowest BCUT2D eigenvalue weighted by Crippen LogP contribution is -2.17. The molecule has 0 saturated heterocycles. The third kappa shape index (κ3) is 8.33. The molecule has 0 saturated carbocycles. The number of nitrogens with one attached hydrogen (secondary N) is 2. The van der Waals surface area contributed by atoms with E-state index >= 15 is 0 Å². The average molecular weight is 629 g/mol. The van der Waals surface area contributed by atoms with Crippen LogP contribution in [0.2, 0.25) is 0 Å². The summed E-state index contributed by atoms with van der Waals surface area (Å²) in [6.07, 6.45) is -0.478. The number of hydrogen-bond acceptors (Lipinski definition) is 5. The molecule has 11 heteroatoms. The summed E-state index contributed by atoms with van der Waals surface area (Å²) in [7, 11) is 0. The maximum Gasteiger partial charge on any atom is 0.270 e. The van der Waals surface area contributed by atoms with Gasteiger partial charge in [0, 0.05) is 59.8 Å². The van der Waals surface area contributed by atoms with E-state index in [2.05, 4.69) is 10.2 Å². The normalized spacial score (nSPS) is 11.9. The summed E-state index contributed by atoms with van der Waals surface area (Å²) in [6.45, 7) is 18.5. The van der Waals surface area contributed by atoms with Gasteiger partial charge in [-0.3, -0.25) is 29.2 Å². The minimum absolute atomic E-state index is 0.0962. The Balaban J connectivity index is 0.000000248. The van der Waals surface area contributed by atoms with Crippen molar-refractivity contribution in [3.05, 3.63) is 102 Å². The molecule has 45 heavy (non-hydrogen) atoms. The predicted octanol–water partition coefficient (Wildman–Crippen LogP) is 6.92. The molecule has 0 aliphatic carbocycles. The van der Waals surface area contributed by atoms with Crippen molar-refractivity contribution in [3.63, 3.8) is 0 Å². The van der Waals surface area contributed by atoms with E-state index in [1.54, 1.807) is 28.9 Å².